The van der Waals surface area contributed by atoms with Gasteiger partial charge in [-0.15, -0.1) is 11.6 Å². The largest absolute Gasteiger partial charge is 0.310 e. The molecule has 0 saturated carbocycles. The van der Waals surface area contributed by atoms with Gasteiger partial charge in [0.2, 0.25) is 0 Å². The highest BCUT2D eigenvalue weighted by Gasteiger charge is 2.01. The minimum Gasteiger partial charge on any atom is -0.310 e. The number of rotatable bonds is 6. The molecule has 16 heavy (non-hydrogen) atoms. The van der Waals surface area contributed by atoms with Crippen LogP contribution >= 0.6 is 11.6 Å². The van der Waals surface area contributed by atoms with Crippen molar-refractivity contribution in [2.75, 3.05) is 5.88 Å². The van der Waals surface area contributed by atoms with Crippen molar-refractivity contribution in [3.05, 3.63) is 35.4 Å². The van der Waals surface area contributed by atoms with E-state index in [0.717, 1.165) is 18.8 Å². The van der Waals surface area contributed by atoms with Crippen LogP contribution < -0.4 is 5.32 Å². The molecule has 1 unspecified atom stereocenters. The second kappa shape index (κ2) is 6.93. The van der Waals surface area contributed by atoms with E-state index in [1.54, 1.807) is 0 Å². The Kier molecular flexibility index (Phi) is 5.86. The molecule has 1 aromatic carbocycles. The fraction of sp³-hybridized carbons (Fsp3) is 0.571. The van der Waals surface area contributed by atoms with E-state index < -0.39 is 0 Å². The molecule has 0 amide bonds. The molecule has 0 saturated heterocycles. The summed E-state index contributed by atoms with van der Waals surface area (Å²) in [6.07, 6.45) is 1.02. The predicted octanol–water partition coefficient (Wildman–Crippen LogP) is 3.92. The Labute approximate surface area is 104 Å². The second-order valence-corrected chi connectivity index (χ2v) is 5.03. The molecule has 0 aliphatic carbocycles. The molecule has 0 fully saturated rings. The highest BCUT2D eigenvalue weighted by molar-refractivity contribution is 6.17. The molecule has 0 radical (unpaired) electrons. The van der Waals surface area contributed by atoms with Crippen LogP contribution in [0.5, 0.6) is 0 Å². The first-order valence-electron chi connectivity index (χ1n) is 6.01. The van der Waals surface area contributed by atoms with Crippen LogP contribution in [0, 0.1) is 0 Å². The van der Waals surface area contributed by atoms with Gasteiger partial charge in [0.15, 0.2) is 0 Å². The van der Waals surface area contributed by atoms with Crippen LogP contribution in [0.25, 0.3) is 0 Å². The molecule has 0 aliphatic rings. The summed E-state index contributed by atoms with van der Waals surface area (Å²) < 4.78 is 0. The van der Waals surface area contributed by atoms with Gasteiger partial charge in [-0.1, -0.05) is 38.1 Å². The summed E-state index contributed by atoms with van der Waals surface area (Å²) in [5, 5.41) is 3.46. The normalized spacial score (nSPS) is 13.1. The summed E-state index contributed by atoms with van der Waals surface area (Å²) in [5.74, 6) is 1.33. The minimum absolute atomic E-state index is 0.488. The Bertz CT molecular complexity index is 292. The highest BCUT2D eigenvalue weighted by atomic mass is 35.5. The zero-order valence-electron chi connectivity index (χ0n) is 10.5. The van der Waals surface area contributed by atoms with Crippen molar-refractivity contribution in [2.24, 2.45) is 0 Å². The van der Waals surface area contributed by atoms with Gasteiger partial charge in [0.05, 0.1) is 0 Å². The van der Waals surface area contributed by atoms with E-state index in [2.05, 4.69) is 50.4 Å². The van der Waals surface area contributed by atoms with E-state index in [0.29, 0.717) is 12.0 Å². The number of alkyl halides is 1. The zero-order chi connectivity index (χ0) is 12.0. The molecule has 1 N–H and O–H groups in total. The average molecular weight is 240 g/mol. The lowest BCUT2D eigenvalue weighted by atomic mass is 10.0. The first-order chi connectivity index (χ1) is 7.63. The lowest BCUT2D eigenvalue weighted by Crippen LogP contribution is -2.25. The monoisotopic (exact) mass is 239 g/mol. The molecule has 1 aromatic rings. The Morgan fingerprint density at radius 3 is 2.25 bits per heavy atom. The minimum atomic E-state index is 0.488. The van der Waals surface area contributed by atoms with Gasteiger partial charge in [-0.3, -0.25) is 0 Å². The van der Waals surface area contributed by atoms with Crippen molar-refractivity contribution in [1.82, 2.24) is 5.32 Å². The van der Waals surface area contributed by atoms with Crippen LogP contribution in [0.15, 0.2) is 24.3 Å². The Balaban J connectivity index is 2.43. The summed E-state index contributed by atoms with van der Waals surface area (Å²) in [4.78, 5) is 0. The molecule has 1 nitrogen and oxygen atoms in total. The molecule has 1 rings (SSSR count). The van der Waals surface area contributed by atoms with Crippen molar-refractivity contribution >= 4 is 11.6 Å². The maximum atomic E-state index is 5.69. The molecule has 0 bridgehead atoms. The van der Waals surface area contributed by atoms with Crippen LogP contribution in [0.4, 0.5) is 0 Å². The molecule has 0 spiro atoms. The third-order valence-electron chi connectivity index (χ3n) is 2.84. The standard InChI is InChI=1S/C14H22ClN/c1-11(2)14-6-4-13(5-7-14)10-16-12(3)8-9-15/h4-7,11-12,16H,8-10H2,1-3H3. The molecule has 0 heterocycles. The van der Waals surface area contributed by atoms with E-state index in [4.69, 9.17) is 11.6 Å². The fourth-order valence-electron chi connectivity index (χ4n) is 1.58. The summed E-state index contributed by atoms with van der Waals surface area (Å²) in [5.41, 5.74) is 2.74. The van der Waals surface area contributed by atoms with Gasteiger partial charge in [0.1, 0.15) is 0 Å². The van der Waals surface area contributed by atoms with E-state index in [1.165, 1.54) is 11.1 Å². The van der Waals surface area contributed by atoms with E-state index in [9.17, 15) is 0 Å². The van der Waals surface area contributed by atoms with Crippen LogP contribution in [-0.4, -0.2) is 11.9 Å². The fourth-order valence-corrected chi connectivity index (χ4v) is 1.91. The lowest BCUT2D eigenvalue weighted by Gasteiger charge is -2.13. The molecule has 2 heteroatoms. The topological polar surface area (TPSA) is 12.0 Å². The van der Waals surface area contributed by atoms with Crippen LogP contribution in [0.2, 0.25) is 0 Å². The van der Waals surface area contributed by atoms with Gasteiger partial charge < -0.3 is 5.32 Å². The third kappa shape index (κ3) is 4.54. The molecular formula is C14H22ClN. The quantitative estimate of drug-likeness (QED) is 0.742. The van der Waals surface area contributed by atoms with Crippen molar-refractivity contribution in [2.45, 2.75) is 45.7 Å². The molecule has 0 aromatic heterocycles. The Hall–Kier alpha value is -0.530. The number of hydrogen-bond acceptors (Lipinski definition) is 1. The van der Waals surface area contributed by atoms with Gasteiger partial charge in [-0.25, -0.2) is 0 Å². The van der Waals surface area contributed by atoms with Crippen LogP contribution in [0.1, 0.15) is 44.2 Å². The highest BCUT2D eigenvalue weighted by Crippen LogP contribution is 2.14. The maximum absolute atomic E-state index is 5.69. The number of hydrogen-bond donors (Lipinski definition) is 1. The number of benzene rings is 1. The molecule has 90 valence electrons. The zero-order valence-corrected chi connectivity index (χ0v) is 11.2. The van der Waals surface area contributed by atoms with Crippen LogP contribution in [-0.2, 0) is 6.54 Å². The summed E-state index contributed by atoms with van der Waals surface area (Å²) in [7, 11) is 0. The summed E-state index contributed by atoms with van der Waals surface area (Å²) in [6, 6.07) is 9.33. The van der Waals surface area contributed by atoms with Crippen LogP contribution in [0.3, 0.4) is 0 Å². The number of nitrogens with one attached hydrogen (secondary N) is 1. The molecule has 1 atom stereocenters. The predicted molar refractivity (Wildman–Crippen MR) is 72.2 cm³/mol. The van der Waals surface area contributed by atoms with Crippen molar-refractivity contribution in [3.63, 3.8) is 0 Å². The summed E-state index contributed by atoms with van der Waals surface area (Å²) in [6.45, 7) is 7.53. The van der Waals surface area contributed by atoms with E-state index in [-0.39, 0.29) is 0 Å². The molecular weight excluding hydrogens is 218 g/mol. The first kappa shape index (κ1) is 13.5. The number of halogens is 1. The van der Waals surface area contributed by atoms with Gasteiger partial charge >= 0.3 is 0 Å². The van der Waals surface area contributed by atoms with E-state index >= 15 is 0 Å². The SMILES string of the molecule is CC(CCCl)NCc1ccc(C(C)C)cc1. The van der Waals surface area contributed by atoms with Gasteiger partial charge in [-0.2, -0.15) is 0 Å². The molecule has 0 aliphatic heterocycles. The Morgan fingerprint density at radius 1 is 1.12 bits per heavy atom. The maximum Gasteiger partial charge on any atom is 0.0238 e. The summed E-state index contributed by atoms with van der Waals surface area (Å²) >= 11 is 5.69. The van der Waals surface area contributed by atoms with Gasteiger partial charge in [-0.05, 0) is 30.4 Å². The lowest BCUT2D eigenvalue weighted by molar-refractivity contribution is 0.536. The van der Waals surface area contributed by atoms with Crippen molar-refractivity contribution in [1.29, 1.82) is 0 Å². The van der Waals surface area contributed by atoms with Crippen molar-refractivity contribution < 1.29 is 0 Å². The Morgan fingerprint density at radius 2 is 1.75 bits per heavy atom. The average Bonchev–Trinajstić information content (AvgIpc) is 2.27. The van der Waals surface area contributed by atoms with E-state index in [1.807, 2.05) is 0 Å². The van der Waals surface area contributed by atoms with Crippen molar-refractivity contribution in [3.8, 4) is 0 Å². The smallest absolute Gasteiger partial charge is 0.0238 e. The first-order valence-corrected chi connectivity index (χ1v) is 6.55. The van der Waals surface area contributed by atoms with Gasteiger partial charge in [0, 0.05) is 18.5 Å². The van der Waals surface area contributed by atoms with Gasteiger partial charge in [0.25, 0.3) is 0 Å². The third-order valence-corrected chi connectivity index (χ3v) is 3.06. The second-order valence-electron chi connectivity index (χ2n) is 4.66.